The van der Waals surface area contributed by atoms with Crippen LogP contribution in [-0.2, 0) is 9.84 Å². The van der Waals surface area contributed by atoms with Crippen LogP contribution in [0.3, 0.4) is 0 Å². The van der Waals surface area contributed by atoms with E-state index in [1.165, 1.54) is 6.26 Å². The van der Waals surface area contributed by atoms with Gasteiger partial charge in [0.15, 0.2) is 9.84 Å². The Bertz CT molecular complexity index is 350. The quantitative estimate of drug-likeness (QED) is 0.778. The molecule has 108 valence electrons. The van der Waals surface area contributed by atoms with Crippen LogP contribution in [0, 0.1) is 5.92 Å². The van der Waals surface area contributed by atoms with Crippen molar-refractivity contribution in [2.24, 2.45) is 5.92 Å². The van der Waals surface area contributed by atoms with Crippen LogP contribution in [0.4, 0.5) is 0 Å². The van der Waals surface area contributed by atoms with Crippen LogP contribution in [0.1, 0.15) is 65.2 Å². The van der Waals surface area contributed by atoms with Crippen LogP contribution >= 0.6 is 0 Å². The molecule has 1 saturated carbocycles. The van der Waals surface area contributed by atoms with E-state index in [9.17, 15) is 13.5 Å². The average molecular weight is 276 g/mol. The maximum atomic E-state index is 11.8. The summed E-state index contributed by atoms with van der Waals surface area (Å²) < 4.78 is 23.5. The standard InChI is InChI=1S/C14H28O3S/c1-4-6-8-12(5-2)11-14(15)10-7-9-13(14)18(3,16)17/h12-13,15H,4-11H2,1-3H3. The van der Waals surface area contributed by atoms with Crippen molar-refractivity contribution in [2.45, 2.75) is 76.1 Å². The van der Waals surface area contributed by atoms with Gasteiger partial charge in [-0.2, -0.15) is 0 Å². The molecule has 0 aromatic rings. The van der Waals surface area contributed by atoms with Crippen LogP contribution in [0.25, 0.3) is 0 Å². The fraction of sp³-hybridized carbons (Fsp3) is 1.00. The molecule has 3 nitrogen and oxygen atoms in total. The molecule has 18 heavy (non-hydrogen) atoms. The van der Waals surface area contributed by atoms with Crippen molar-refractivity contribution >= 4 is 9.84 Å². The van der Waals surface area contributed by atoms with Gasteiger partial charge in [0.25, 0.3) is 0 Å². The minimum Gasteiger partial charge on any atom is -0.389 e. The van der Waals surface area contributed by atoms with Gasteiger partial charge in [-0.15, -0.1) is 0 Å². The normalized spacial score (nSPS) is 30.6. The summed E-state index contributed by atoms with van der Waals surface area (Å²) in [6.45, 7) is 4.30. The number of unbranched alkanes of at least 4 members (excludes halogenated alkanes) is 1. The van der Waals surface area contributed by atoms with E-state index in [-0.39, 0.29) is 0 Å². The minimum atomic E-state index is -3.13. The molecule has 3 unspecified atom stereocenters. The van der Waals surface area contributed by atoms with E-state index in [1.807, 2.05) is 0 Å². The summed E-state index contributed by atoms with van der Waals surface area (Å²) in [5.74, 6) is 0.456. The molecule has 1 aliphatic rings. The smallest absolute Gasteiger partial charge is 0.153 e. The number of hydrogen-bond donors (Lipinski definition) is 1. The lowest BCUT2D eigenvalue weighted by molar-refractivity contribution is 0.0229. The van der Waals surface area contributed by atoms with Crippen molar-refractivity contribution < 1.29 is 13.5 Å². The molecule has 0 amide bonds. The third kappa shape index (κ3) is 3.95. The molecule has 0 aromatic heterocycles. The van der Waals surface area contributed by atoms with E-state index in [0.717, 1.165) is 32.1 Å². The summed E-state index contributed by atoms with van der Waals surface area (Å²) in [6, 6.07) is 0. The SMILES string of the molecule is CCCCC(CC)CC1(O)CCCC1S(C)(=O)=O. The van der Waals surface area contributed by atoms with Gasteiger partial charge in [-0.05, 0) is 31.6 Å². The third-order valence-electron chi connectivity index (χ3n) is 4.38. The summed E-state index contributed by atoms with van der Waals surface area (Å²) in [7, 11) is -3.13. The monoisotopic (exact) mass is 276 g/mol. The third-order valence-corrected chi connectivity index (χ3v) is 6.09. The van der Waals surface area contributed by atoms with Crippen LogP contribution in [0.15, 0.2) is 0 Å². The van der Waals surface area contributed by atoms with Gasteiger partial charge >= 0.3 is 0 Å². The molecule has 4 heteroatoms. The summed E-state index contributed by atoms with van der Waals surface area (Å²) in [5.41, 5.74) is -0.970. The molecule has 1 fully saturated rings. The lowest BCUT2D eigenvalue weighted by atomic mass is 9.84. The highest BCUT2D eigenvalue weighted by atomic mass is 32.2. The van der Waals surface area contributed by atoms with E-state index >= 15 is 0 Å². The fourth-order valence-electron chi connectivity index (χ4n) is 3.31. The molecular formula is C14H28O3S. The van der Waals surface area contributed by atoms with Crippen LogP contribution in [0.2, 0.25) is 0 Å². The van der Waals surface area contributed by atoms with Crippen LogP contribution < -0.4 is 0 Å². The first-order chi connectivity index (χ1) is 8.33. The molecule has 0 aromatic carbocycles. The Hall–Kier alpha value is -0.0900. The van der Waals surface area contributed by atoms with E-state index in [2.05, 4.69) is 13.8 Å². The first kappa shape index (κ1) is 16.0. The topological polar surface area (TPSA) is 54.4 Å². The summed E-state index contributed by atoms with van der Waals surface area (Å²) in [4.78, 5) is 0. The second-order valence-corrected chi connectivity index (χ2v) is 8.16. The summed E-state index contributed by atoms with van der Waals surface area (Å²) >= 11 is 0. The van der Waals surface area contributed by atoms with Gasteiger partial charge < -0.3 is 5.11 Å². The fourth-order valence-corrected chi connectivity index (χ4v) is 4.92. The van der Waals surface area contributed by atoms with Crippen molar-refractivity contribution in [1.29, 1.82) is 0 Å². The zero-order valence-electron chi connectivity index (χ0n) is 12.0. The lowest BCUT2D eigenvalue weighted by Gasteiger charge is -2.32. The second kappa shape index (κ2) is 6.38. The van der Waals surface area contributed by atoms with Gasteiger partial charge in [0, 0.05) is 6.26 Å². The summed E-state index contributed by atoms with van der Waals surface area (Å²) in [5, 5.41) is 10.2. The predicted molar refractivity (Wildman–Crippen MR) is 75.4 cm³/mol. The van der Waals surface area contributed by atoms with Crippen molar-refractivity contribution in [2.75, 3.05) is 6.26 Å². The molecule has 1 rings (SSSR count). The zero-order valence-corrected chi connectivity index (χ0v) is 12.8. The minimum absolute atomic E-state index is 0.456. The van der Waals surface area contributed by atoms with Gasteiger partial charge in [0.1, 0.15) is 0 Å². The van der Waals surface area contributed by atoms with E-state index < -0.39 is 20.7 Å². The van der Waals surface area contributed by atoms with Gasteiger partial charge in [-0.1, -0.05) is 39.5 Å². The second-order valence-electron chi connectivity index (χ2n) is 5.93. The largest absolute Gasteiger partial charge is 0.389 e. The molecule has 0 bridgehead atoms. The van der Waals surface area contributed by atoms with Gasteiger partial charge in [0.2, 0.25) is 0 Å². The first-order valence-electron chi connectivity index (χ1n) is 7.24. The molecule has 0 aliphatic heterocycles. The van der Waals surface area contributed by atoms with Crippen molar-refractivity contribution in [3.05, 3.63) is 0 Å². The van der Waals surface area contributed by atoms with E-state index in [0.29, 0.717) is 25.2 Å². The molecule has 0 saturated heterocycles. The van der Waals surface area contributed by atoms with Crippen molar-refractivity contribution in [1.82, 2.24) is 0 Å². The van der Waals surface area contributed by atoms with E-state index in [1.54, 1.807) is 0 Å². The summed E-state index contributed by atoms with van der Waals surface area (Å²) in [6.07, 6.45) is 8.47. The number of sulfone groups is 1. The lowest BCUT2D eigenvalue weighted by Crippen LogP contribution is -2.43. The molecule has 1 aliphatic carbocycles. The maximum absolute atomic E-state index is 11.8. The number of aliphatic hydroxyl groups is 1. The Labute approximate surface area is 112 Å². The Morgan fingerprint density at radius 1 is 1.39 bits per heavy atom. The Kier molecular flexibility index (Phi) is 5.66. The highest BCUT2D eigenvalue weighted by Gasteiger charge is 2.47. The highest BCUT2D eigenvalue weighted by molar-refractivity contribution is 7.91. The Morgan fingerprint density at radius 3 is 2.56 bits per heavy atom. The molecule has 0 heterocycles. The molecule has 0 spiro atoms. The maximum Gasteiger partial charge on any atom is 0.153 e. The Balaban J connectivity index is 2.72. The average Bonchev–Trinajstić information content (AvgIpc) is 2.66. The molecule has 1 N–H and O–H groups in total. The van der Waals surface area contributed by atoms with Crippen LogP contribution in [-0.4, -0.2) is 30.6 Å². The molecular weight excluding hydrogens is 248 g/mol. The van der Waals surface area contributed by atoms with Gasteiger partial charge in [-0.25, -0.2) is 8.42 Å². The molecule has 0 radical (unpaired) electrons. The highest BCUT2D eigenvalue weighted by Crippen LogP contribution is 2.40. The first-order valence-corrected chi connectivity index (χ1v) is 9.20. The van der Waals surface area contributed by atoms with Crippen LogP contribution in [0.5, 0.6) is 0 Å². The van der Waals surface area contributed by atoms with Gasteiger partial charge in [-0.3, -0.25) is 0 Å². The zero-order chi connectivity index (χ0) is 13.8. The number of hydrogen-bond acceptors (Lipinski definition) is 3. The number of rotatable bonds is 7. The van der Waals surface area contributed by atoms with Gasteiger partial charge in [0.05, 0.1) is 10.9 Å². The Morgan fingerprint density at radius 2 is 2.06 bits per heavy atom. The van der Waals surface area contributed by atoms with E-state index in [4.69, 9.17) is 0 Å². The molecule has 3 atom stereocenters. The van der Waals surface area contributed by atoms with Crippen molar-refractivity contribution in [3.63, 3.8) is 0 Å². The predicted octanol–water partition coefficient (Wildman–Crippen LogP) is 2.92. The van der Waals surface area contributed by atoms with Crippen molar-refractivity contribution in [3.8, 4) is 0 Å².